The quantitative estimate of drug-likeness (QED) is 0.315. The van der Waals surface area contributed by atoms with Gasteiger partial charge in [-0.3, -0.25) is 14.8 Å². The number of hydrogen-bond acceptors (Lipinski definition) is 4. The second-order valence-corrected chi connectivity index (χ2v) is 10.0. The number of hydrogen-bond donors (Lipinski definition) is 2. The van der Waals surface area contributed by atoms with Crippen molar-refractivity contribution in [2.75, 3.05) is 13.1 Å². The summed E-state index contributed by atoms with van der Waals surface area (Å²) in [6.07, 6.45) is 2.29. The molecular formula is C20H18Br2ClN5OS. The maximum Gasteiger partial charge on any atom is 0.261 e. The van der Waals surface area contributed by atoms with Gasteiger partial charge in [0.15, 0.2) is 4.73 Å². The molecule has 1 fully saturated rings. The Hall–Kier alpha value is -1.68. The van der Waals surface area contributed by atoms with Gasteiger partial charge in [-0.15, -0.1) is 11.3 Å². The van der Waals surface area contributed by atoms with E-state index < -0.39 is 0 Å². The summed E-state index contributed by atoms with van der Waals surface area (Å²) < 4.78 is 3.86. The van der Waals surface area contributed by atoms with E-state index >= 15 is 0 Å². The minimum Gasteiger partial charge on any atom is -0.357 e. The summed E-state index contributed by atoms with van der Waals surface area (Å²) in [6, 6.07) is 11.2. The van der Waals surface area contributed by atoms with Gasteiger partial charge in [-0.25, -0.2) is 4.98 Å². The number of thiophene rings is 1. The van der Waals surface area contributed by atoms with Gasteiger partial charge in [0.05, 0.1) is 21.5 Å². The van der Waals surface area contributed by atoms with E-state index in [1.54, 1.807) is 12.1 Å². The molecule has 4 rings (SSSR count). The monoisotopic (exact) mass is 569 g/mol. The van der Waals surface area contributed by atoms with Crippen LogP contribution in [0, 0.1) is 5.41 Å². The van der Waals surface area contributed by atoms with Crippen molar-refractivity contribution in [3.05, 3.63) is 66.2 Å². The first-order valence-corrected chi connectivity index (χ1v) is 12.1. The fourth-order valence-corrected chi connectivity index (χ4v) is 5.72. The number of rotatable bonds is 5. The highest BCUT2D eigenvalue weighted by molar-refractivity contribution is 9.11. The third-order valence-electron chi connectivity index (χ3n) is 4.88. The van der Waals surface area contributed by atoms with Crippen LogP contribution in [0.1, 0.15) is 33.8 Å². The van der Waals surface area contributed by atoms with E-state index in [9.17, 15) is 4.79 Å². The molecule has 1 saturated heterocycles. The van der Waals surface area contributed by atoms with Gasteiger partial charge in [0.2, 0.25) is 0 Å². The summed E-state index contributed by atoms with van der Waals surface area (Å²) in [5.74, 6) is 0.383. The lowest BCUT2D eigenvalue weighted by molar-refractivity contribution is 0.0954. The zero-order valence-corrected chi connectivity index (χ0v) is 20.5. The largest absolute Gasteiger partial charge is 0.357 e. The van der Waals surface area contributed by atoms with Crippen LogP contribution in [0.5, 0.6) is 0 Å². The van der Waals surface area contributed by atoms with Crippen LogP contribution in [0.2, 0.25) is 4.34 Å². The lowest BCUT2D eigenvalue weighted by Gasteiger charge is -2.18. The molecule has 6 nitrogen and oxygen atoms in total. The van der Waals surface area contributed by atoms with Crippen molar-refractivity contribution in [2.45, 2.75) is 19.4 Å². The Morgan fingerprint density at radius 1 is 1.17 bits per heavy atom. The Morgan fingerprint density at radius 2 is 1.87 bits per heavy atom. The van der Waals surface area contributed by atoms with Gasteiger partial charge < -0.3 is 10.2 Å². The van der Waals surface area contributed by atoms with E-state index in [1.807, 2.05) is 28.8 Å². The predicted octanol–water partition coefficient (Wildman–Crippen LogP) is 5.46. The van der Waals surface area contributed by atoms with Gasteiger partial charge in [0.25, 0.3) is 5.91 Å². The number of benzene rings is 1. The van der Waals surface area contributed by atoms with Crippen LogP contribution < -0.4 is 5.32 Å². The number of likely N-dealkylation sites (tertiary alicyclic amines) is 1. The zero-order valence-electron chi connectivity index (χ0n) is 15.8. The van der Waals surface area contributed by atoms with Crippen LogP contribution in [0.15, 0.2) is 45.7 Å². The molecule has 0 aliphatic carbocycles. The van der Waals surface area contributed by atoms with Crippen molar-refractivity contribution < 1.29 is 4.79 Å². The lowest BCUT2D eigenvalue weighted by atomic mass is 10.1. The summed E-state index contributed by atoms with van der Waals surface area (Å²) in [6.45, 7) is 2.18. The molecule has 0 unspecified atom stereocenters. The van der Waals surface area contributed by atoms with Gasteiger partial charge in [0, 0.05) is 24.3 Å². The SMILES string of the molecule is N=C(c1ccc(-n2c(Br)nc(CNC(=O)c3ccc(Cl)s3)c2Br)cc1)N1CCCC1. The van der Waals surface area contributed by atoms with Crippen molar-refractivity contribution in [1.82, 2.24) is 19.8 Å². The molecule has 10 heteroatoms. The third-order valence-corrected chi connectivity index (χ3v) is 7.46. The van der Waals surface area contributed by atoms with Crippen LogP contribution in [-0.4, -0.2) is 39.3 Å². The van der Waals surface area contributed by atoms with Gasteiger partial charge in [-0.1, -0.05) is 11.6 Å². The van der Waals surface area contributed by atoms with Crippen LogP contribution in [0.4, 0.5) is 0 Å². The van der Waals surface area contributed by atoms with Gasteiger partial charge in [-0.05, 0) is 81.1 Å². The smallest absolute Gasteiger partial charge is 0.261 e. The van der Waals surface area contributed by atoms with Crippen LogP contribution in [-0.2, 0) is 6.54 Å². The molecule has 0 atom stereocenters. The average Bonchev–Trinajstić information content (AvgIpc) is 3.47. The lowest BCUT2D eigenvalue weighted by Crippen LogP contribution is -2.27. The first-order chi connectivity index (χ1) is 14.4. The van der Waals surface area contributed by atoms with E-state index in [0.717, 1.165) is 41.8 Å². The van der Waals surface area contributed by atoms with Crippen molar-refractivity contribution in [2.24, 2.45) is 0 Å². The highest BCUT2D eigenvalue weighted by atomic mass is 79.9. The molecule has 1 aliphatic heterocycles. The summed E-state index contributed by atoms with van der Waals surface area (Å²) in [5, 5.41) is 11.3. The number of amidine groups is 1. The third kappa shape index (κ3) is 4.49. The van der Waals surface area contributed by atoms with E-state index in [0.29, 0.717) is 25.5 Å². The van der Waals surface area contributed by atoms with Crippen molar-refractivity contribution in [3.63, 3.8) is 0 Å². The Bertz CT molecular complexity index is 1090. The number of carbonyl (C=O) groups is 1. The molecule has 2 N–H and O–H groups in total. The fourth-order valence-electron chi connectivity index (χ4n) is 3.33. The number of halogens is 3. The maximum atomic E-state index is 12.3. The number of nitrogens with zero attached hydrogens (tertiary/aromatic N) is 3. The van der Waals surface area contributed by atoms with Crippen LogP contribution in [0.25, 0.3) is 5.69 Å². The fraction of sp³-hybridized carbons (Fsp3) is 0.250. The molecule has 0 spiro atoms. The minimum atomic E-state index is -0.186. The Labute approximate surface area is 200 Å². The Balaban J connectivity index is 1.49. The van der Waals surface area contributed by atoms with E-state index in [4.69, 9.17) is 17.0 Å². The molecule has 3 heterocycles. The van der Waals surface area contributed by atoms with Crippen molar-refractivity contribution >= 4 is 66.5 Å². The molecule has 30 heavy (non-hydrogen) atoms. The second kappa shape index (κ2) is 9.21. The molecule has 0 bridgehead atoms. The minimum absolute atomic E-state index is 0.186. The van der Waals surface area contributed by atoms with E-state index in [1.165, 1.54) is 11.3 Å². The molecule has 0 saturated carbocycles. The number of carbonyl (C=O) groups excluding carboxylic acids is 1. The summed E-state index contributed by atoms with van der Waals surface area (Å²) in [7, 11) is 0. The highest BCUT2D eigenvalue weighted by Crippen LogP contribution is 2.28. The summed E-state index contributed by atoms with van der Waals surface area (Å²) >= 11 is 14.2. The van der Waals surface area contributed by atoms with Gasteiger partial charge in [0.1, 0.15) is 10.4 Å². The van der Waals surface area contributed by atoms with Gasteiger partial charge >= 0.3 is 0 Å². The second-order valence-electron chi connectivity index (χ2n) is 6.83. The van der Waals surface area contributed by atoms with E-state index in [2.05, 4.69) is 47.1 Å². The number of imidazole rings is 1. The average molecular weight is 572 g/mol. The molecule has 1 amide bonds. The number of nitrogens with one attached hydrogen (secondary N) is 2. The molecule has 1 aliphatic rings. The molecule has 3 aromatic rings. The zero-order chi connectivity index (χ0) is 21.3. The first kappa shape index (κ1) is 21.5. The molecule has 156 valence electrons. The summed E-state index contributed by atoms with van der Waals surface area (Å²) in [5.41, 5.74) is 2.50. The van der Waals surface area contributed by atoms with Crippen molar-refractivity contribution in [1.29, 1.82) is 5.41 Å². The molecular weight excluding hydrogens is 554 g/mol. The number of amides is 1. The van der Waals surface area contributed by atoms with Crippen LogP contribution >= 0.6 is 54.8 Å². The molecule has 1 aromatic carbocycles. The predicted molar refractivity (Wildman–Crippen MR) is 127 cm³/mol. The molecule has 2 aromatic heterocycles. The van der Waals surface area contributed by atoms with Crippen molar-refractivity contribution in [3.8, 4) is 5.69 Å². The highest BCUT2D eigenvalue weighted by Gasteiger charge is 2.19. The van der Waals surface area contributed by atoms with Crippen LogP contribution in [0.3, 0.4) is 0 Å². The first-order valence-electron chi connectivity index (χ1n) is 9.34. The Kier molecular flexibility index (Phi) is 6.62. The molecule has 0 radical (unpaired) electrons. The maximum absolute atomic E-state index is 12.3. The Morgan fingerprint density at radius 3 is 2.50 bits per heavy atom. The topological polar surface area (TPSA) is 74.0 Å². The van der Waals surface area contributed by atoms with Gasteiger partial charge in [-0.2, -0.15) is 0 Å². The van der Waals surface area contributed by atoms with E-state index in [-0.39, 0.29) is 12.5 Å². The standard InChI is InChI=1S/C20H18Br2ClN5OS/c21-17-14(11-25-19(29)15-7-8-16(23)30-15)26-20(22)28(17)13-5-3-12(4-6-13)18(24)27-9-1-2-10-27/h3-8,24H,1-2,9-11H2,(H,25,29). The summed E-state index contributed by atoms with van der Waals surface area (Å²) in [4.78, 5) is 19.5. The normalized spacial score (nSPS) is 13.6. The number of aromatic nitrogens is 2.